The zero-order valence-corrected chi connectivity index (χ0v) is 32.1. The fourth-order valence-corrected chi connectivity index (χ4v) is 7.85. The molecule has 0 atom stereocenters. The Hall–Kier alpha value is -4.56. The van der Waals surface area contributed by atoms with Crippen molar-refractivity contribution >= 4 is 44.3 Å². The normalized spacial score (nSPS) is 12.4. The topological polar surface area (TPSA) is 24.1 Å². The number of fused-ring (bicyclic) bond motifs is 2. The Kier molecular flexibility index (Phi) is 10.8. The molecule has 0 aromatic heterocycles. The van der Waals surface area contributed by atoms with Gasteiger partial charge >= 0.3 is 0 Å². The molecule has 2 heteroatoms. The monoisotopic (exact) mass is 662 g/mol. The molecule has 0 radical (unpaired) electrons. The standard InChI is InChI=1S/2C24H29N/c2*1-23(2,3)17-24(4,5)19-13-15-20(16-14-19)25-22-12-8-10-18-9-6-7-11-21(18)22/h2*6-16,25H,17H2,1-5H3. The second kappa shape index (κ2) is 14.7. The summed E-state index contributed by atoms with van der Waals surface area (Å²) in [7, 11) is 0. The van der Waals surface area contributed by atoms with Crippen molar-refractivity contribution in [1.82, 2.24) is 0 Å². The number of nitrogens with one attached hydrogen (secondary N) is 2. The van der Waals surface area contributed by atoms with E-state index in [1.54, 1.807) is 0 Å². The first-order chi connectivity index (χ1) is 23.5. The van der Waals surface area contributed by atoms with E-state index < -0.39 is 0 Å². The lowest BCUT2D eigenvalue weighted by molar-refractivity contribution is 0.283. The van der Waals surface area contributed by atoms with Crippen LogP contribution in [0, 0.1) is 10.8 Å². The maximum atomic E-state index is 3.57. The summed E-state index contributed by atoms with van der Waals surface area (Å²) in [5.41, 5.74) is 8.36. The summed E-state index contributed by atoms with van der Waals surface area (Å²) in [6.45, 7) is 23.2. The SMILES string of the molecule is CC(C)(C)CC(C)(C)c1ccc(Nc2cccc3ccccc23)cc1.CC(C)(C)CC(C)(C)c1ccc(Nc2cccc3ccccc23)cc1. The predicted octanol–water partition coefficient (Wildman–Crippen LogP) is 14.6. The molecule has 6 aromatic rings. The molecule has 0 amide bonds. The van der Waals surface area contributed by atoms with E-state index in [-0.39, 0.29) is 10.8 Å². The maximum Gasteiger partial charge on any atom is 0.0463 e. The third kappa shape index (κ3) is 9.78. The third-order valence-electron chi connectivity index (χ3n) is 9.41. The molecule has 0 aliphatic heterocycles. The van der Waals surface area contributed by atoms with Crippen LogP contribution in [0.3, 0.4) is 0 Å². The van der Waals surface area contributed by atoms with E-state index in [4.69, 9.17) is 0 Å². The highest BCUT2D eigenvalue weighted by molar-refractivity contribution is 5.96. The molecule has 0 fully saturated rings. The van der Waals surface area contributed by atoms with Crippen LogP contribution in [0.5, 0.6) is 0 Å². The van der Waals surface area contributed by atoms with Crippen molar-refractivity contribution in [3.05, 3.63) is 145 Å². The highest BCUT2D eigenvalue weighted by atomic mass is 14.9. The Balaban J connectivity index is 0.000000194. The molecule has 2 nitrogen and oxygen atoms in total. The smallest absolute Gasteiger partial charge is 0.0463 e. The highest BCUT2D eigenvalue weighted by Gasteiger charge is 2.28. The zero-order chi connectivity index (χ0) is 36.2. The van der Waals surface area contributed by atoms with Crippen LogP contribution in [0.25, 0.3) is 21.5 Å². The highest BCUT2D eigenvalue weighted by Crippen LogP contribution is 2.38. The van der Waals surface area contributed by atoms with Gasteiger partial charge < -0.3 is 10.6 Å². The van der Waals surface area contributed by atoms with Crippen molar-refractivity contribution in [2.45, 2.75) is 92.9 Å². The van der Waals surface area contributed by atoms with Crippen molar-refractivity contribution in [2.75, 3.05) is 10.6 Å². The van der Waals surface area contributed by atoms with Crippen LogP contribution in [0.15, 0.2) is 133 Å². The van der Waals surface area contributed by atoms with Gasteiger partial charge in [-0.15, -0.1) is 0 Å². The molecule has 50 heavy (non-hydrogen) atoms. The van der Waals surface area contributed by atoms with E-state index in [9.17, 15) is 0 Å². The lowest BCUT2D eigenvalue weighted by atomic mass is 9.72. The van der Waals surface area contributed by atoms with E-state index in [0.717, 1.165) is 35.6 Å². The molecular formula is C48H58N2. The Bertz CT molecular complexity index is 1840. The van der Waals surface area contributed by atoms with Crippen LogP contribution >= 0.6 is 0 Å². The van der Waals surface area contributed by atoms with Crippen molar-refractivity contribution in [3.63, 3.8) is 0 Å². The van der Waals surface area contributed by atoms with Gasteiger partial charge in [0.15, 0.2) is 0 Å². The molecule has 2 N–H and O–H groups in total. The Labute approximate surface area is 302 Å². The summed E-state index contributed by atoms with van der Waals surface area (Å²) in [6.07, 6.45) is 2.33. The van der Waals surface area contributed by atoms with Gasteiger partial charge in [-0.2, -0.15) is 0 Å². The van der Waals surface area contributed by atoms with Crippen LogP contribution in [0.1, 0.15) is 93.2 Å². The van der Waals surface area contributed by atoms with E-state index in [1.165, 1.54) is 32.7 Å². The Morgan fingerprint density at radius 3 is 1.02 bits per heavy atom. The van der Waals surface area contributed by atoms with Gasteiger partial charge in [-0.25, -0.2) is 0 Å². The minimum Gasteiger partial charge on any atom is -0.355 e. The van der Waals surface area contributed by atoms with E-state index >= 15 is 0 Å². The lowest BCUT2D eigenvalue weighted by Crippen LogP contribution is -2.24. The van der Waals surface area contributed by atoms with Crippen LogP contribution in [0.2, 0.25) is 0 Å². The van der Waals surface area contributed by atoms with Gasteiger partial charge in [0.1, 0.15) is 0 Å². The molecule has 0 bridgehead atoms. The molecule has 0 aliphatic carbocycles. The van der Waals surface area contributed by atoms with Crippen LogP contribution in [-0.4, -0.2) is 0 Å². The number of benzene rings is 6. The summed E-state index contributed by atoms with van der Waals surface area (Å²) in [6, 6.07) is 47.6. The number of hydrogen-bond acceptors (Lipinski definition) is 2. The summed E-state index contributed by atoms with van der Waals surface area (Å²) in [5.74, 6) is 0. The second-order valence-corrected chi connectivity index (χ2v) is 17.7. The Morgan fingerprint density at radius 1 is 0.360 bits per heavy atom. The largest absolute Gasteiger partial charge is 0.355 e. The fourth-order valence-electron chi connectivity index (χ4n) is 7.85. The zero-order valence-electron chi connectivity index (χ0n) is 32.1. The first-order valence-electron chi connectivity index (χ1n) is 18.2. The summed E-state index contributed by atoms with van der Waals surface area (Å²) >= 11 is 0. The predicted molar refractivity (Wildman–Crippen MR) is 222 cm³/mol. The van der Waals surface area contributed by atoms with Gasteiger partial charge in [0.2, 0.25) is 0 Å². The van der Waals surface area contributed by atoms with Crippen molar-refractivity contribution < 1.29 is 0 Å². The molecule has 0 saturated heterocycles. The average molecular weight is 663 g/mol. The molecule has 260 valence electrons. The van der Waals surface area contributed by atoms with E-state index in [0.29, 0.717) is 10.8 Å². The maximum absolute atomic E-state index is 3.57. The fraction of sp³-hybridized carbons (Fsp3) is 0.333. The molecule has 0 unspecified atom stereocenters. The van der Waals surface area contributed by atoms with E-state index in [2.05, 4.69) is 213 Å². The second-order valence-electron chi connectivity index (χ2n) is 17.7. The van der Waals surface area contributed by atoms with Crippen LogP contribution < -0.4 is 10.6 Å². The minimum absolute atomic E-state index is 0.177. The first kappa shape index (κ1) is 36.7. The molecule has 6 aromatic carbocycles. The Morgan fingerprint density at radius 2 is 0.680 bits per heavy atom. The summed E-state index contributed by atoms with van der Waals surface area (Å²) in [5, 5.41) is 12.2. The molecule has 0 aliphatic rings. The lowest BCUT2D eigenvalue weighted by Gasteiger charge is -2.33. The van der Waals surface area contributed by atoms with E-state index in [1.807, 2.05) is 0 Å². The molecule has 6 rings (SSSR count). The van der Waals surface area contributed by atoms with Crippen molar-refractivity contribution in [3.8, 4) is 0 Å². The van der Waals surface area contributed by atoms with Crippen LogP contribution in [-0.2, 0) is 10.8 Å². The molecular weight excluding hydrogens is 605 g/mol. The number of hydrogen-bond donors (Lipinski definition) is 2. The van der Waals surface area contributed by atoms with Gasteiger partial charge in [0, 0.05) is 33.5 Å². The van der Waals surface area contributed by atoms with Gasteiger partial charge in [-0.05, 0) is 92.8 Å². The minimum atomic E-state index is 0.177. The van der Waals surface area contributed by atoms with Gasteiger partial charge in [0.25, 0.3) is 0 Å². The first-order valence-corrected chi connectivity index (χ1v) is 18.2. The van der Waals surface area contributed by atoms with Gasteiger partial charge in [0.05, 0.1) is 0 Å². The quantitative estimate of drug-likeness (QED) is 0.169. The number of rotatable bonds is 8. The van der Waals surface area contributed by atoms with Crippen molar-refractivity contribution in [2.24, 2.45) is 10.8 Å². The molecule has 0 saturated carbocycles. The van der Waals surface area contributed by atoms with Gasteiger partial charge in [-0.3, -0.25) is 0 Å². The summed E-state index contributed by atoms with van der Waals surface area (Å²) in [4.78, 5) is 0. The molecule has 0 spiro atoms. The molecule has 0 heterocycles. The van der Waals surface area contributed by atoms with Crippen LogP contribution in [0.4, 0.5) is 22.7 Å². The number of anilines is 4. The summed E-state index contributed by atoms with van der Waals surface area (Å²) < 4.78 is 0. The van der Waals surface area contributed by atoms with Gasteiger partial charge in [-0.1, -0.05) is 166 Å². The van der Waals surface area contributed by atoms with Crippen molar-refractivity contribution in [1.29, 1.82) is 0 Å². The third-order valence-corrected chi connectivity index (χ3v) is 9.41. The average Bonchev–Trinajstić information content (AvgIpc) is 3.04.